The number of rotatable bonds is 5. The number of carbonyl (C=O) groups is 1. The first-order chi connectivity index (χ1) is 29.1. The van der Waals surface area contributed by atoms with Crippen LogP contribution in [0, 0.1) is 106 Å². The van der Waals surface area contributed by atoms with Crippen molar-refractivity contribution in [1.82, 2.24) is 4.90 Å². The molecule has 11 aliphatic rings. The van der Waals surface area contributed by atoms with E-state index in [0.29, 0.717) is 35.9 Å². The van der Waals surface area contributed by atoms with Gasteiger partial charge < -0.3 is 4.74 Å². The summed E-state index contributed by atoms with van der Waals surface area (Å²) in [5, 5.41) is 23.5. The fourth-order valence-electron chi connectivity index (χ4n) is 18.5. The molecule has 0 bridgehead atoms. The molecule has 0 aromatic heterocycles. The standard InChI is InChI=1S/C53H79N3O2S/c54-30-37-24-36(40-15-9-16-42-48(57)29-49(58-53(40)42)33-10-3-1-4-11-33)25-38(31-55)52(37)34-20-18-32(19-21-34)35-22-23-50-44(26-35)45-27-47-43(28-51(45)59-50)41-14-7-8-17-46(41)56(47)39-12-5-2-6-13-39/h32-47,49-53H,1-29H2. The summed E-state index contributed by atoms with van der Waals surface area (Å²) in [5.41, 5.74) is 0. The van der Waals surface area contributed by atoms with E-state index in [9.17, 15) is 15.3 Å². The second-order valence-corrected chi connectivity index (χ2v) is 24.9. The maximum Gasteiger partial charge on any atom is 0.141 e. The summed E-state index contributed by atoms with van der Waals surface area (Å²) < 4.78 is 7.05. The Morgan fingerprint density at radius 2 is 1.17 bits per heavy atom. The minimum absolute atomic E-state index is 0.0180. The van der Waals surface area contributed by atoms with Crippen LogP contribution in [0.3, 0.4) is 0 Å². The van der Waals surface area contributed by atoms with E-state index in [1.807, 2.05) is 0 Å². The largest absolute Gasteiger partial charge is 0.373 e. The number of hydrogen-bond acceptors (Lipinski definition) is 6. The van der Waals surface area contributed by atoms with Crippen molar-refractivity contribution < 1.29 is 9.53 Å². The second kappa shape index (κ2) is 17.5. The molecule has 0 radical (unpaired) electrons. The summed E-state index contributed by atoms with van der Waals surface area (Å²) in [6, 6.07) is 8.40. The number of likely N-dealkylation sites (tertiary alicyclic amines) is 1. The third kappa shape index (κ3) is 7.54. The van der Waals surface area contributed by atoms with Crippen LogP contribution in [0.1, 0.15) is 186 Å². The van der Waals surface area contributed by atoms with E-state index in [2.05, 4.69) is 28.8 Å². The molecule has 0 aromatic rings. The first kappa shape index (κ1) is 40.7. The van der Waals surface area contributed by atoms with Crippen molar-refractivity contribution in [2.75, 3.05) is 0 Å². The van der Waals surface area contributed by atoms with Crippen LogP contribution in [0.4, 0.5) is 0 Å². The van der Waals surface area contributed by atoms with E-state index in [1.54, 1.807) is 6.42 Å². The molecule has 11 rings (SSSR count). The van der Waals surface area contributed by atoms with Gasteiger partial charge in [0.15, 0.2) is 0 Å². The number of carbonyl (C=O) groups excluding carboxylic acids is 1. The summed E-state index contributed by atoms with van der Waals surface area (Å²) in [4.78, 5) is 16.9. The third-order valence-electron chi connectivity index (χ3n) is 21.1. The molecule has 15 unspecified atom stereocenters. The predicted octanol–water partition coefficient (Wildman–Crippen LogP) is 12.3. The molecular weight excluding hydrogens is 743 g/mol. The summed E-state index contributed by atoms with van der Waals surface area (Å²) in [6.45, 7) is 0. The van der Waals surface area contributed by atoms with Gasteiger partial charge in [0, 0.05) is 41.0 Å². The van der Waals surface area contributed by atoms with E-state index in [4.69, 9.17) is 4.74 Å². The van der Waals surface area contributed by atoms with Gasteiger partial charge in [-0.2, -0.15) is 22.3 Å². The minimum Gasteiger partial charge on any atom is -0.373 e. The monoisotopic (exact) mass is 822 g/mol. The van der Waals surface area contributed by atoms with Crippen LogP contribution in [-0.2, 0) is 9.53 Å². The van der Waals surface area contributed by atoms with Gasteiger partial charge in [0.1, 0.15) is 5.78 Å². The Morgan fingerprint density at radius 1 is 0.508 bits per heavy atom. The van der Waals surface area contributed by atoms with Crippen LogP contribution in [0.2, 0.25) is 0 Å². The molecule has 8 aliphatic carbocycles. The number of nitriles is 2. The van der Waals surface area contributed by atoms with Gasteiger partial charge in [0.05, 0.1) is 36.2 Å². The maximum atomic E-state index is 13.6. The highest BCUT2D eigenvalue weighted by atomic mass is 32.2. The minimum atomic E-state index is -0.0284. The highest BCUT2D eigenvalue weighted by Gasteiger charge is 2.59. The van der Waals surface area contributed by atoms with Crippen molar-refractivity contribution in [2.24, 2.45) is 82.9 Å². The fraction of sp³-hybridized carbons (Fsp3) is 0.943. The highest BCUT2D eigenvalue weighted by Crippen LogP contribution is 2.63. The Morgan fingerprint density at radius 3 is 1.93 bits per heavy atom. The van der Waals surface area contributed by atoms with Crippen molar-refractivity contribution in [3.05, 3.63) is 0 Å². The lowest BCUT2D eigenvalue weighted by Gasteiger charge is -2.51. The van der Waals surface area contributed by atoms with Gasteiger partial charge >= 0.3 is 0 Å². The normalized spacial score (nSPS) is 50.9. The van der Waals surface area contributed by atoms with Crippen LogP contribution in [0.15, 0.2) is 0 Å². The van der Waals surface area contributed by atoms with Crippen LogP contribution in [0.5, 0.6) is 0 Å². The zero-order valence-electron chi connectivity index (χ0n) is 36.7. The molecule has 0 aromatic carbocycles. The molecule has 11 fully saturated rings. The molecule has 324 valence electrons. The molecule has 3 saturated heterocycles. The van der Waals surface area contributed by atoms with E-state index >= 15 is 0 Å². The number of ether oxygens (including phenoxy) is 1. The van der Waals surface area contributed by atoms with Crippen molar-refractivity contribution in [3.8, 4) is 12.1 Å². The van der Waals surface area contributed by atoms with Gasteiger partial charge in [-0.05, 0) is 187 Å². The quantitative estimate of drug-likeness (QED) is 0.275. The first-order valence-electron chi connectivity index (χ1n) is 26.5. The van der Waals surface area contributed by atoms with E-state index in [-0.39, 0.29) is 35.9 Å². The first-order valence-corrected chi connectivity index (χ1v) is 27.4. The Balaban J connectivity index is 0.726. The van der Waals surface area contributed by atoms with Crippen molar-refractivity contribution in [2.45, 2.75) is 227 Å². The van der Waals surface area contributed by atoms with Gasteiger partial charge in [-0.25, -0.2) is 0 Å². The molecule has 59 heavy (non-hydrogen) atoms. The fourth-order valence-corrected chi connectivity index (χ4v) is 20.6. The topological polar surface area (TPSA) is 77.1 Å². The molecule has 15 atom stereocenters. The molecule has 3 heterocycles. The molecule has 0 N–H and O–H groups in total. The molecule has 0 spiro atoms. The van der Waals surface area contributed by atoms with Crippen LogP contribution in [0.25, 0.3) is 0 Å². The van der Waals surface area contributed by atoms with Crippen molar-refractivity contribution in [3.63, 3.8) is 0 Å². The van der Waals surface area contributed by atoms with E-state index in [1.165, 1.54) is 141 Å². The lowest BCUT2D eigenvalue weighted by Crippen LogP contribution is -2.52. The molecule has 5 nitrogen and oxygen atoms in total. The summed E-state index contributed by atoms with van der Waals surface area (Å²) >= 11 is 2.50. The second-order valence-electron chi connectivity index (χ2n) is 23.4. The summed E-state index contributed by atoms with van der Waals surface area (Å²) in [7, 11) is 0. The zero-order valence-corrected chi connectivity index (χ0v) is 37.5. The van der Waals surface area contributed by atoms with Gasteiger partial charge in [0.25, 0.3) is 0 Å². The van der Waals surface area contributed by atoms with Gasteiger partial charge in [-0.15, -0.1) is 0 Å². The zero-order chi connectivity index (χ0) is 39.6. The molecule has 3 aliphatic heterocycles. The number of Topliss-reactive ketones (excluding diaryl/α,β-unsaturated/α-hetero) is 1. The number of nitrogens with zero attached hydrogens (tertiary/aromatic N) is 3. The summed E-state index contributed by atoms with van der Waals surface area (Å²) in [6.07, 6.45) is 38.1. The summed E-state index contributed by atoms with van der Waals surface area (Å²) in [5.74, 6) is 8.10. The molecule has 0 amide bonds. The molecule has 8 saturated carbocycles. The third-order valence-corrected chi connectivity index (χ3v) is 22.9. The van der Waals surface area contributed by atoms with Gasteiger partial charge in [-0.1, -0.05) is 57.8 Å². The van der Waals surface area contributed by atoms with Gasteiger partial charge in [-0.3, -0.25) is 9.69 Å². The Bertz CT molecular complexity index is 1540. The highest BCUT2D eigenvalue weighted by molar-refractivity contribution is 8.00. The lowest BCUT2D eigenvalue weighted by molar-refractivity contribution is -0.174. The SMILES string of the molecule is N#CC1CC(C2CCCC3C(=O)CC(C4CCCCC4)OC32)CC(C#N)C1C1CCC(C2CCC3SC4CC5C6CCCCC6N(C6CCCCC6)C5CC4C3C2)CC1. The molecular formula is C53H79N3O2S. The van der Waals surface area contributed by atoms with E-state index < -0.39 is 0 Å². The number of ketones is 1. The van der Waals surface area contributed by atoms with Crippen molar-refractivity contribution >= 4 is 17.5 Å². The van der Waals surface area contributed by atoms with Crippen LogP contribution >= 0.6 is 11.8 Å². The van der Waals surface area contributed by atoms with Crippen molar-refractivity contribution in [1.29, 1.82) is 10.5 Å². The Labute approximate surface area is 363 Å². The average molecular weight is 822 g/mol. The number of fused-ring (bicyclic) bond motifs is 7. The van der Waals surface area contributed by atoms with Crippen LogP contribution < -0.4 is 0 Å². The smallest absolute Gasteiger partial charge is 0.141 e. The van der Waals surface area contributed by atoms with Gasteiger partial charge in [0.2, 0.25) is 0 Å². The maximum absolute atomic E-state index is 13.6. The molecule has 6 heteroatoms. The Hall–Kier alpha value is -1.08. The number of thioether (sulfide) groups is 1. The number of hydrogen-bond donors (Lipinski definition) is 0. The van der Waals surface area contributed by atoms with Crippen LogP contribution in [-0.4, -0.2) is 51.5 Å². The lowest BCUT2D eigenvalue weighted by atomic mass is 9.56. The average Bonchev–Trinajstić information content (AvgIpc) is 3.82. The van der Waals surface area contributed by atoms with E-state index in [0.717, 1.165) is 96.2 Å². The predicted molar refractivity (Wildman–Crippen MR) is 236 cm³/mol. The Kier molecular flexibility index (Phi) is 12.0.